The minimum Gasteiger partial charge on any atom is -0.444 e. The van der Waals surface area contributed by atoms with Crippen molar-refractivity contribution in [2.75, 3.05) is 0 Å². The maximum atomic E-state index is 11.8. The maximum Gasteiger partial charge on any atom is 0.408 e. The molecule has 0 saturated carbocycles. The van der Waals surface area contributed by atoms with Crippen LogP contribution in [0.5, 0.6) is 0 Å². The number of aromatic nitrogens is 1. The van der Waals surface area contributed by atoms with E-state index in [0.29, 0.717) is 6.29 Å². The summed E-state index contributed by atoms with van der Waals surface area (Å²) in [6.45, 7) is 5.33. The third-order valence-electron chi connectivity index (χ3n) is 3.12. The van der Waals surface area contributed by atoms with Gasteiger partial charge < -0.3 is 19.4 Å². The molecule has 0 aliphatic heterocycles. The summed E-state index contributed by atoms with van der Waals surface area (Å²) >= 11 is 0. The van der Waals surface area contributed by atoms with Crippen LogP contribution >= 0.6 is 0 Å². The van der Waals surface area contributed by atoms with E-state index in [1.54, 1.807) is 20.8 Å². The van der Waals surface area contributed by atoms with E-state index in [-0.39, 0.29) is 0 Å². The molecular weight excluding hydrogens is 268 g/mol. The van der Waals surface area contributed by atoms with Crippen LogP contribution in [0.2, 0.25) is 0 Å². The molecule has 1 unspecified atom stereocenters. The molecule has 0 aliphatic rings. The Balaban J connectivity index is 2.26. The Hall–Kier alpha value is -2.30. The van der Waals surface area contributed by atoms with Gasteiger partial charge >= 0.3 is 6.09 Å². The van der Waals surface area contributed by atoms with E-state index in [1.807, 2.05) is 41.9 Å². The van der Waals surface area contributed by atoms with Gasteiger partial charge in [0.25, 0.3) is 0 Å². The fourth-order valence-corrected chi connectivity index (χ4v) is 2.22. The Labute approximate surface area is 123 Å². The molecule has 0 saturated heterocycles. The molecule has 1 atom stereocenters. The number of carbonyl (C=O) groups is 2. The summed E-state index contributed by atoms with van der Waals surface area (Å²) in [5.41, 5.74) is 1.12. The van der Waals surface area contributed by atoms with Gasteiger partial charge in [-0.2, -0.15) is 0 Å². The molecule has 0 fully saturated rings. The fourth-order valence-electron chi connectivity index (χ4n) is 2.22. The number of hydrogen-bond donors (Lipinski definition) is 1. The lowest BCUT2D eigenvalue weighted by Gasteiger charge is -2.21. The molecule has 1 N–H and O–H groups in total. The highest BCUT2D eigenvalue weighted by atomic mass is 16.6. The fraction of sp³-hybridized carbons (Fsp3) is 0.375. The summed E-state index contributed by atoms with van der Waals surface area (Å²) in [5, 5.41) is 3.61. The lowest BCUT2D eigenvalue weighted by molar-refractivity contribution is -0.109. The average Bonchev–Trinajstić information content (AvgIpc) is 2.72. The molecule has 21 heavy (non-hydrogen) atoms. The van der Waals surface area contributed by atoms with Crippen LogP contribution in [0.3, 0.4) is 0 Å². The molecule has 2 aromatic rings. The van der Waals surface area contributed by atoms with Crippen molar-refractivity contribution in [3.05, 3.63) is 36.0 Å². The second-order valence-electron chi connectivity index (χ2n) is 5.95. The van der Waals surface area contributed by atoms with Crippen LogP contribution in [-0.4, -0.2) is 22.5 Å². The number of amides is 1. The molecule has 5 nitrogen and oxygen atoms in total. The summed E-state index contributed by atoms with van der Waals surface area (Å²) < 4.78 is 7.08. The maximum absolute atomic E-state index is 11.8. The van der Waals surface area contributed by atoms with Crippen molar-refractivity contribution in [3.8, 4) is 0 Å². The van der Waals surface area contributed by atoms with Crippen molar-refractivity contribution < 1.29 is 14.3 Å². The van der Waals surface area contributed by atoms with Crippen LogP contribution in [0.25, 0.3) is 10.9 Å². The number of para-hydroxylation sites is 1. The lowest BCUT2D eigenvalue weighted by Crippen LogP contribution is -2.36. The smallest absolute Gasteiger partial charge is 0.408 e. The Morgan fingerprint density at radius 1 is 1.33 bits per heavy atom. The number of aryl methyl sites for hydroxylation is 1. The largest absolute Gasteiger partial charge is 0.444 e. The molecule has 1 aromatic carbocycles. The molecule has 0 spiro atoms. The first-order valence-electron chi connectivity index (χ1n) is 6.81. The average molecular weight is 288 g/mol. The Bertz CT molecular complexity index is 668. The van der Waals surface area contributed by atoms with E-state index < -0.39 is 17.7 Å². The van der Waals surface area contributed by atoms with Crippen molar-refractivity contribution in [1.29, 1.82) is 0 Å². The second kappa shape index (κ2) is 5.60. The molecule has 5 heteroatoms. The Kier molecular flexibility index (Phi) is 4.02. The predicted octanol–water partition coefficient (Wildman–Crippen LogP) is 2.94. The molecule has 2 rings (SSSR count). The van der Waals surface area contributed by atoms with Gasteiger partial charge in [-0.3, -0.25) is 0 Å². The van der Waals surface area contributed by atoms with E-state index in [0.717, 1.165) is 16.6 Å². The van der Waals surface area contributed by atoms with E-state index in [1.165, 1.54) is 0 Å². The number of alkyl carbamates (subject to hydrolysis) is 1. The molecule has 1 amide bonds. The van der Waals surface area contributed by atoms with E-state index in [2.05, 4.69) is 5.32 Å². The van der Waals surface area contributed by atoms with Crippen molar-refractivity contribution in [3.63, 3.8) is 0 Å². The summed E-state index contributed by atoms with van der Waals surface area (Å²) in [6.07, 6.45) is 0.0999. The third kappa shape index (κ3) is 3.42. The zero-order valence-corrected chi connectivity index (χ0v) is 12.7. The standard InChI is InChI=1S/C16H20N2O3/c1-16(2,3)21-15(20)17-12(10-19)14-9-11-7-5-6-8-13(11)18(14)4/h5-10,12H,1-4H3,(H,17,20). The number of hydrogen-bond acceptors (Lipinski definition) is 3. The van der Waals surface area contributed by atoms with E-state index in [9.17, 15) is 9.59 Å². The highest BCUT2D eigenvalue weighted by molar-refractivity contribution is 5.83. The van der Waals surface area contributed by atoms with Crippen molar-refractivity contribution >= 4 is 23.3 Å². The first kappa shape index (κ1) is 15.1. The number of aldehydes is 1. The quantitative estimate of drug-likeness (QED) is 0.883. The molecular formula is C16H20N2O3. The number of benzene rings is 1. The number of fused-ring (bicyclic) bond motifs is 1. The van der Waals surface area contributed by atoms with Crippen molar-refractivity contribution in [2.45, 2.75) is 32.4 Å². The van der Waals surface area contributed by atoms with Crippen molar-refractivity contribution in [2.24, 2.45) is 7.05 Å². The Morgan fingerprint density at radius 2 is 2.00 bits per heavy atom. The van der Waals surface area contributed by atoms with Gasteiger partial charge in [0.2, 0.25) is 0 Å². The lowest BCUT2D eigenvalue weighted by atomic mass is 10.2. The number of nitrogens with one attached hydrogen (secondary N) is 1. The summed E-state index contributed by atoms with van der Waals surface area (Å²) in [7, 11) is 1.87. The second-order valence-corrected chi connectivity index (χ2v) is 5.95. The van der Waals surface area contributed by atoms with Crippen LogP contribution in [-0.2, 0) is 16.6 Å². The first-order valence-corrected chi connectivity index (χ1v) is 6.81. The topological polar surface area (TPSA) is 60.3 Å². The molecule has 1 aromatic heterocycles. The number of rotatable bonds is 3. The highest BCUT2D eigenvalue weighted by Crippen LogP contribution is 2.22. The Morgan fingerprint density at radius 3 is 2.57 bits per heavy atom. The number of carbonyl (C=O) groups excluding carboxylic acids is 2. The monoisotopic (exact) mass is 288 g/mol. The van der Waals surface area contributed by atoms with Gasteiger partial charge in [-0.1, -0.05) is 18.2 Å². The first-order chi connectivity index (χ1) is 9.81. The third-order valence-corrected chi connectivity index (χ3v) is 3.12. The number of ether oxygens (including phenoxy) is 1. The highest BCUT2D eigenvalue weighted by Gasteiger charge is 2.22. The summed E-state index contributed by atoms with van der Waals surface area (Å²) in [5.74, 6) is 0. The van der Waals surface area contributed by atoms with Gasteiger partial charge in [0.05, 0.1) is 0 Å². The van der Waals surface area contributed by atoms with E-state index >= 15 is 0 Å². The van der Waals surface area contributed by atoms with Gasteiger partial charge in [-0.25, -0.2) is 4.79 Å². The van der Waals surface area contributed by atoms with Crippen molar-refractivity contribution in [1.82, 2.24) is 9.88 Å². The van der Waals surface area contributed by atoms with Gasteiger partial charge in [-0.15, -0.1) is 0 Å². The predicted molar refractivity (Wildman–Crippen MR) is 81.1 cm³/mol. The minimum atomic E-state index is -0.739. The zero-order chi connectivity index (χ0) is 15.6. The number of nitrogens with zero attached hydrogens (tertiary/aromatic N) is 1. The van der Waals surface area contributed by atoms with Crippen LogP contribution in [0.1, 0.15) is 32.5 Å². The molecule has 112 valence electrons. The van der Waals surface area contributed by atoms with Crippen LogP contribution in [0, 0.1) is 0 Å². The summed E-state index contributed by atoms with van der Waals surface area (Å²) in [6, 6.07) is 8.96. The van der Waals surface area contributed by atoms with Crippen LogP contribution in [0.15, 0.2) is 30.3 Å². The van der Waals surface area contributed by atoms with Gasteiger partial charge in [0, 0.05) is 18.3 Å². The van der Waals surface area contributed by atoms with Crippen LogP contribution < -0.4 is 5.32 Å². The SMILES string of the molecule is Cn1c(C(C=O)NC(=O)OC(C)(C)C)cc2ccccc21. The molecule has 0 bridgehead atoms. The van der Waals surface area contributed by atoms with Gasteiger partial charge in [0.1, 0.15) is 17.9 Å². The zero-order valence-electron chi connectivity index (χ0n) is 12.7. The normalized spacial score (nSPS) is 13.0. The van der Waals surface area contributed by atoms with Crippen LogP contribution in [0.4, 0.5) is 4.79 Å². The van der Waals surface area contributed by atoms with E-state index in [4.69, 9.17) is 4.74 Å². The van der Waals surface area contributed by atoms with Gasteiger partial charge in [-0.05, 0) is 38.3 Å². The summed E-state index contributed by atoms with van der Waals surface area (Å²) in [4.78, 5) is 23.2. The molecule has 0 radical (unpaired) electrons. The molecule has 1 heterocycles. The van der Waals surface area contributed by atoms with Gasteiger partial charge in [0.15, 0.2) is 0 Å². The molecule has 0 aliphatic carbocycles. The minimum absolute atomic E-state index is 0.601.